The molecule has 0 atom stereocenters. The number of hydrogen-bond acceptors (Lipinski definition) is 5. The number of unbranched alkanes of at least 4 members (excludes halogenated alkanes) is 1. The molecule has 15 heavy (non-hydrogen) atoms. The zero-order valence-corrected chi connectivity index (χ0v) is 9.40. The van der Waals surface area contributed by atoms with Crippen LogP contribution in [0, 0.1) is 0 Å². The van der Waals surface area contributed by atoms with Gasteiger partial charge in [-0.1, -0.05) is 13.3 Å². The summed E-state index contributed by atoms with van der Waals surface area (Å²) in [6, 6.07) is 0. The van der Waals surface area contributed by atoms with Crippen LogP contribution in [0.15, 0.2) is 12.4 Å². The lowest BCUT2D eigenvalue weighted by atomic mass is 10.3. The lowest BCUT2D eigenvalue weighted by Gasteiger charge is -2.21. The topological polar surface area (TPSA) is 67.1 Å². The van der Waals surface area contributed by atoms with Crippen LogP contribution in [0.1, 0.15) is 26.7 Å². The third-order valence-corrected chi connectivity index (χ3v) is 2.26. The van der Waals surface area contributed by atoms with Gasteiger partial charge in [-0.3, -0.25) is 4.98 Å². The summed E-state index contributed by atoms with van der Waals surface area (Å²) >= 11 is 0. The summed E-state index contributed by atoms with van der Waals surface area (Å²) in [6.45, 7) is 6.23. The molecule has 0 saturated heterocycles. The van der Waals surface area contributed by atoms with Crippen molar-refractivity contribution >= 4 is 11.6 Å². The summed E-state index contributed by atoms with van der Waals surface area (Å²) in [7, 11) is 0. The molecule has 1 aromatic heterocycles. The van der Waals surface area contributed by atoms with Gasteiger partial charge in [0.2, 0.25) is 0 Å². The van der Waals surface area contributed by atoms with Crippen molar-refractivity contribution in [3.05, 3.63) is 12.4 Å². The molecule has 1 rings (SSSR count). The Morgan fingerprint density at radius 2 is 2.20 bits per heavy atom. The van der Waals surface area contributed by atoms with Crippen LogP contribution in [-0.2, 0) is 0 Å². The molecule has 0 aliphatic rings. The van der Waals surface area contributed by atoms with Crippen LogP contribution in [-0.4, -0.2) is 23.1 Å². The maximum Gasteiger partial charge on any atom is 0.160 e. The first-order valence-electron chi connectivity index (χ1n) is 5.35. The maximum absolute atomic E-state index is 5.29. The van der Waals surface area contributed by atoms with Crippen molar-refractivity contribution < 1.29 is 0 Å². The Morgan fingerprint density at radius 1 is 1.40 bits per heavy atom. The summed E-state index contributed by atoms with van der Waals surface area (Å²) in [4.78, 5) is 10.6. The second-order valence-electron chi connectivity index (χ2n) is 3.34. The van der Waals surface area contributed by atoms with E-state index in [1.54, 1.807) is 12.4 Å². The Labute approximate surface area is 90.7 Å². The molecule has 0 aromatic carbocycles. The lowest BCUT2D eigenvalue weighted by Crippen LogP contribution is -2.25. The quantitative estimate of drug-likeness (QED) is 0.547. The Kier molecular flexibility index (Phi) is 4.83. The summed E-state index contributed by atoms with van der Waals surface area (Å²) < 4.78 is 0. The minimum atomic E-state index is 0.599. The molecule has 0 saturated carbocycles. The largest absolute Gasteiger partial charge is 0.356 e. The van der Waals surface area contributed by atoms with E-state index in [-0.39, 0.29) is 0 Å². The van der Waals surface area contributed by atoms with Crippen LogP contribution in [0.2, 0.25) is 0 Å². The predicted octanol–water partition coefficient (Wildman–Crippen LogP) is 1.39. The number of anilines is 2. The van der Waals surface area contributed by atoms with Crippen LogP contribution < -0.4 is 16.2 Å². The first-order chi connectivity index (χ1) is 7.31. The van der Waals surface area contributed by atoms with Gasteiger partial charge in [-0.25, -0.2) is 10.8 Å². The van der Waals surface area contributed by atoms with Gasteiger partial charge in [-0.05, 0) is 13.3 Å². The molecule has 3 N–H and O–H groups in total. The van der Waals surface area contributed by atoms with Crippen molar-refractivity contribution in [1.82, 2.24) is 9.97 Å². The number of hydrazine groups is 1. The van der Waals surface area contributed by atoms with E-state index in [9.17, 15) is 0 Å². The lowest BCUT2D eigenvalue weighted by molar-refractivity contribution is 0.722. The predicted molar refractivity (Wildman–Crippen MR) is 62.6 cm³/mol. The number of hydrogen-bond donors (Lipinski definition) is 2. The molecule has 0 aliphatic carbocycles. The van der Waals surface area contributed by atoms with Crippen molar-refractivity contribution in [1.29, 1.82) is 0 Å². The van der Waals surface area contributed by atoms with E-state index in [0.29, 0.717) is 5.82 Å². The average molecular weight is 209 g/mol. The van der Waals surface area contributed by atoms with Crippen LogP contribution in [0.4, 0.5) is 11.6 Å². The summed E-state index contributed by atoms with van der Waals surface area (Å²) in [6.07, 6.45) is 5.71. The van der Waals surface area contributed by atoms with E-state index in [1.165, 1.54) is 6.42 Å². The van der Waals surface area contributed by atoms with E-state index in [0.717, 1.165) is 25.3 Å². The highest BCUT2D eigenvalue weighted by molar-refractivity contribution is 5.42. The molecule has 0 radical (unpaired) electrons. The molecule has 0 bridgehead atoms. The Bertz CT molecular complexity index is 289. The van der Waals surface area contributed by atoms with Crippen molar-refractivity contribution in [2.75, 3.05) is 23.4 Å². The zero-order chi connectivity index (χ0) is 11.1. The van der Waals surface area contributed by atoms with Crippen LogP contribution in [0.3, 0.4) is 0 Å². The molecule has 0 aliphatic heterocycles. The van der Waals surface area contributed by atoms with Crippen LogP contribution in [0.5, 0.6) is 0 Å². The number of nitrogens with two attached hydrogens (primary N) is 1. The van der Waals surface area contributed by atoms with E-state index in [2.05, 4.69) is 34.1 Å². The molecule has 0 spiro atoms. The summed E-state index contributed by atoms with van der Waals surface area (Å²) in [5.41, 5.74) is 2.50. The van der Waals surface area contributed by atoms with Crippen molar-refractivity contribution in [3.8, 4) is 0 Å². The summed E-state index contributed by atoms with van der Waals surface area (Å²) in [5, 5.41) is 0. The van der Waals surface area contributed by atoms with Crippen LogP contribution in [0.25, 0.3) is 0 Å². The van der Waals surface area contributed by atoms with Gasteiger partial charge in [0.1, 0.15) is 5.82 Å². The highest BCUT2D eigenvalue weighted by Crippen LogP contribution is 2.12. The number of nitrogens with zero attached hydrogens (tertiary/aromatic N) is 3. The van der Waals surface area contributed by atoms with Gasteiger partial charge in [0.05, 0.1) is 12.4 Å². The standard InChI is InChI=1S/C10H19N5/c1-3-5-6-15(4-2)10-8-12-7-9(13-10)14-11/h7-8H,3-6,11H2,1-2H3,(H,13,14). The van der Waals surface area contributed by atoms with E-state index in [4.69, 9.17) is 5.84 Å². The SMILES string of the molecule is CCCCN(CC)c1cncc(NN)n1. The van der Waals surface area contributed by atoms with Crippen molar-refractivity contribution in [2.24, 2.45) is 5.84 Å². The van der Waals surface area contributed by atoms with Gasteiger partial charge < -0.3 is 10.3 Å². The fraction of sp³-hybridized carbons (Fsp3) is 0.600. The van der Waals surface area contributed by atoms with E-state index < -0.39 is 0 Å². The normalized spacial score (nSPS) is 10.1. The summed E-state index contributed by atoms with van der Waals surface area (Å²) in [5.74, 6) is 6.77. The molecule has 1 heterocycles. The minimum absolute atomic E-state index is 0.599. The molecule has 5 heteroatoms. The molecular weight excluding hydrogens is 190 g/mol. The molecular formula is C10H19N5. The van der Waals surface area contributed by atoms with E-state index >= 15 is 0 Å². The number of aromatic nitrogens is 2. The monoisotopic (exact) mass is 209 g/mol. The Balaban J connectivity index is 2.72. The van der Waals surface area contributed by atoms with Gasteiger partial charge >= 0.3 is 0 Å². The molecule has 5 nitrogen and oxygen atoms in total. The second kappa shape index (κ2) is 6.19. The highest BCUT2D eigenvalue weighted by Gasteiger charge is 2.05. The van der Waals surface area contributed by atoms with Gasteiger partial charge in [-0.15, -0.1) is 0 Å². The number of nitrogen functional groups attached to an aromatic ring is 1. The van der Waals surface area contributed by atoms with Gasteiger partial charge in [0.15, 0.2) is 5.82 Å². The third-order valence-electron chi connectivity index (χ3n) is 2.26. The Hall–Kier alpha value is -1.36. The second-order valence-corrected chi connectivity index (χ2v) is 3.34. The van der Waals surface area contributed by atoms with E-state index in [1.807, 2.05) is 0 Å². The van der Waals surface area contributed by atoms with Gasteiger partial charge in [0.25, 0.3) is 0 Å². The molecule has 1 aromatic rings. The van der Waals surface area contributed by atoms with Gasteiger partial charge in [0, 0.05) is 13.1 Å². The van der Waals surface area contributed by atoms with Gasteiger partial charge in [-0.2, -0.15) is 0 Å². The average Bonchev–Trinajstić information content (AvgIpc) is 2.30. The smallest absolute Gasteiger partial charge is 0.160 e. The Morgan fingerprint density at radius 3 is 2.80 bits per heavy atom. The van der Waals surface area contributed by atoms with Crippen molar-refractivity contribution in [3.63, 3.8) is 0 Å². The first kappa shape index (κ1) is 11.7. The fourth-order valence-corrected chi connectivity index (χ4v) is 1.36. The maximum atomic E-state index is 5.29. The number of rotatable bonds is 6. The molecule has 0 fully saturated rings. The molecule has 84 valence electrons. The zero-order valence-electron chi connectivity index (χ0n) is 9.40. The highest BCUT2D eigenvalue weighted by atomic mass is 15.3. The van der Waals surface area contributed by atoms with Crippen molar-refractivity contribution in [2.45, 2.75) is 26.7 Å². The third kappa shape index (κ3) is 3.36. The molecule has 0 unspecified atom stereocenters. The fourth-order valence-electron chi connectivity index (χ4n) is 1.36. The van der Waals surface area contributed by atoms with Crippen LogP contribution >= 0.6 is 0 Å². The first-order valence-corrected chi connectivity index (χ1v) is 5.35. The number of nitrogens with one attached hydrogen (secondary N) is 1. The molecule has 0 amide bonds. The minimum Gasteiger partial charge on any atom is -0.356 e.